The van der Waals surface area contributed by atoms with Crippen LogP contribution < -0.4 is 5.32 Å². The molecular weight excluding hydrogens is 384 g/mol. The minimum atomic E-state index is -0.250. The summed E-state index contributed by atoms with van der Waals surface area (Å²) in [6, 6.07) is 12.6. The molecule has 2 rings (SSSR count). The second kappa shape index (κ2) is 6.21. The van der Waals surface area contributed by atoms with Gasteiger partial charge in [0.2, 0.25) is 0 Å². The first-order valence-corrected chi connectivity index (χ1v) is 7.37. The van der Waals surface area contributed by atoms with E-state index >= 15 is 0 Å². The van der Waals surface area contributed by atoms with E-state index in [0.717, 1.165) is 14.5 Å². The van der Waals surface area contributed by atoms with Gasteiger partial charge in [-0.05, 0) is 42.8 Å². The van der Waals surface area contributed by atoms with E-state index in [2.05, 4.69) is 43.2 Å². The predicted molar refractivity (Wildman–Crippen MR) is 85.7 cm³/mol. The molecule has 20 heavy (non-hydrogen) atoms. The molecule has 2 aromatic rings. The number of rotatable bonds is 2. The Kier molecular flexibility index (Phi) is 4.58. The first-order chi connectivity index (χ1) is 9.51. The van der Waals surface area contributed by atoms with Crippen LogP contribution in [0.2, 0.25) is 0 Å². The number of carbonyl (C=O) groups excluding carboxylic acids is 1. The fourth-order valence-electron chi connectivity index (χ4n) is 1.65. The molecule has 0 aliphatic carbocycles. The van der Waals surface area contributed by atoms with E-state index in [0.29, 0.717) is 16.8 Å². The summed E-state index contributed by atoms with van der Waals surface area (Å²) in [6.07, 6.45) is 0. The zero-order chi connectivity index (χ0) is 14.7. The maximum atomic E-state index is 12.2. The van der Waals surface area contributed by atoms with Crippen molar-refractivity contribution >= 4 is 43.5 Å². The topological polar surface area (TPSA) is 52.9 Å². The van der Waals surface area contributed by atoms with Gasteiger partial charge in [-0.1, -0.05) is 37.9 Å². The second-order valence-corrected chi connectivity index (χ2v) is 5.99. The van der Waals surface area contributed by atoms with Crippen LogP contribution in [0.4, 0.5) is 5.69 Å². The largest absolute Gasteiger partial charge is 0.321 e. The number of benzene rings is 2. The average Bonchev–Trinajstić information content (AvgIpc) is 2.42. The maximum absolute atomic E-state index is 12.2. The molecule has 5 heteroatoms. The fourth-order valence-corrected chi connectivity index (χ4v) is 2.39. The van der Waals surface area contributed by atoms with E-state index in [4.69, 9.17) is 5.26 Å². The van der Waals surface area contributed by atoms with Crippen LogP contribution in [0.1, 0.15) is 21.5 Å². The molecule has 1 amide bonds. The van der Waals surface area contributed by atoms with E-state index in [1.807, 2.05) is 13.0 Å². The van der Waals surface area contributed by atoms with E-state index < -0.39 is 0 Å². The lowest BCUT2D eigenvalue weighted by atomic mass is 10.1. The molecule has 1 N–H and O–H groups in total. The quantitative estimate of drug-likeness (QED) is 0.807. The number of aryl methyl sites for hydroxylation is 1. The molecule has 0 saturated carbocycles. The lowest BCUT2D eigenvalue weighted by Gasteiger charge is -2.08. The zero-order valence-corrected chi connectivity index (χ0v) is 13.7. The molecule has 2 aromatic carbocycles. The highest BCUT2D eigenvalue weighted by molar-refractivity contribution is 9.10. The third-order valence-electron chi connectivity index (χ3n) is 2.78. The highest BCUT2D eigenvalue weighted by Crippen LogP contribution is 2.23. The lowest BCUT2D eigenvalue weighted by Crippen LogP contribution is -2.13. The standard InChI is InChI=1S/C15H10Br2N2O/c1-9-2-3-10(6-13(9)17)15(20)19-14-7-12(16)5-4-11(14)8-18/h2-7H,1H3,(H,19,20). The SMILES string of the molecule is Cc1ccc(C(=O)Nc2cc(Br)ccc2C#N)cc1Br. The third-order valence-corrected chi connectivity index (χ3v) is 4.13. The van der Waals surface area contributed by atoms with Crippen molar-refractivity contribution in [3.05, 3.63) is 62.0 Å². The van der Waals surface area contributed by atoms with Gasteiger partial charge in [0.1, 0.15) is 6.07 Å². The van der Waals surface area contributed by atoms with Crippen LogP contribution in [0.15, 0.2) is 45.3 Å². The van der Waals surface area contributed by atoms with E-state index in [1.165, 1.54) is 0 Å². The Balaban J connectivity index is 2.30. The number of nitrogens with zero attached hydrogens (tertiary/aromatic N) is 1. The van der Waals surface area contributed by atoms with Gasteiger partial charge < -0.3 is 5.32 Å². The van der Waals surface area contributed by atoms with E-state index in [1.54, 1.807) is 30.3 Å². The molecule has 0 unspecified atom stereocenters. The van der Waals surface area contributed by atoms with Crippen LogP contribution in [0.3, 0.4) is 0 Å². The summed E-state index contributed by atoms with van der Waals surface area (Å²) in [7, 11) is 0. The number of nitrogens with one attached hydrogen (secondary N) is 1. The van der Waals surface area contributed by atoms with Crippen molar-refractivity contribution in [2.45, 2.75) is 6.92 Å². The van der Waals surface area contributed by atoms with Gasteiger partial charge >= 0.3 is 0 Å². The van der Waals surface area contributed by atoms with Gasteiger partial charge in [0.05, 0.1) is 11.3 Å². The number of nitriles is 1. The monoisotopic (exact) mass is 392 g/mol. The van der Waals surface area contributed by atoms with Crippen LogP contribution in [-0.2, 0) is 0 Å². The fraction of sp³-hybridized carbons (Fsp3) is 0.0667. The van der Waals surface area contributed by atoms with E-state index in [9.17, 15) is 4.79 Å². The third kappa shape index (κ3) is 3.27. The van der Waals surface area contributed by atoms with Crippen molar-refractivity contribution in [3.63, 3.8) is 0 Å². The summed E-state index contributed by atoms with van der Waals surface area (Å²) in [5.41, 5.74) is 2.50. The summed E-state index contributed by atoms with van der Waals surface area (Å²) < 4.78 is 1.68. The van der Waals surface area contributed by atoms with Crippen LogP contribution in [0.25, 0.3) is 0 Å². The van der Waals surface area contributed by atoms with Crippen molar-refractivity contribution in [2.24, 2.45) is 0 Å². The number of amides is 1. The van der Waals surface area contributed by atoms with Gasteiger partial charge in [-0.25, -0.2) is 0 Å². The Morgan fingerprint density at radius 3 is 2.60 bits per heavy atom. The molecule has 0 fully saturated rings. The smallest absolute Gasteiger partial charge is 0.255 e. The number of hydrogen-bond acceptors (Lipinski definition) is 2. The molecule has 0 bridgehead atoms. The van der Waals surface area contributed by atoms with E-state index in [-0.39, 0.29) is 5.91 Å². The summed E-state index contributed by atoms with van der Waals surface area (Å²) in [4.78, 5) is 12.2. The van der Waals surface area contributed by atoms with Crippen molar-refractivity contribution in [2.75, 3.05) is 5.32 Å². The molecule has 0 aliphatic rings. The van der Waals surface area contributed by atoms with Gasteiger partial charge in [0, 0.05) is 14.5 Å². The number of halogens is 2. The molecule has 0 spiro atoms. The highest BCUT2D eigenvalue weighted by Gasteiger charge is 2.10. The Labute approximate surface area is 133 Å². The molecule has 0 saturated heterocycles. The second-order valence-electron chi connectivity index (χ2n) is 4.22. The lowest BCUT2D eigenvalue weighted by molar-refractivity contribution is 0.102. The molecular formula is C15H10Br2N2O. The average molecular weight is 394 g/mol. The van der Waals surface area contributed by atoms with Crippen molar-refractivity contribution in [1.82, 2.24) is 0 Å². The normalized spacial score (nSPS) is 9.90. The molecule has 0 radical (unpaired) electrons. The van der Waals surface area contributed by atoms with Crippen LogP contribution in [0, 0.1) is 18.3 Å². The predicted octanol–water partition coefficient (Wildman–Crippen LogP) is 4.64. The molecule has 100 valence electrons. The molecule has 0 atom stereocenters. The molecule has 0 aliphatic heterocycles. The Morgan fingerprint density at radius 2 is 1.95 bits per heavy atom. The summed E-state index contributed by atoms with van der Waals surface area (Å²) in [5, 5.41) is 11.8. The number of anilines is 1. The number of hydrogen-bond donors (Lipinski definition) is 1. The van der Waals surface area contributed by atoms with Gasteiger partial charge in [-0.3, -0.25) is 4.79 Å². The molecule has 3 nitrogen and oxygen atoms in total. The Morgan fingerprint density at radius 1 is 1.20 bits per heavy atom. The highest BCUT2D eigenvalue weighted by atomic mass is 79.9. The zero-order valence-electron chi connectivity index (χ0n) is 10.6. The first-order valence-electron chi connectivity index (χ1n) is 5.78. The molecule has 0 aromatic heterocycles. The van der Waals surface area contributed by atoms with Crippen LogP contribution in [-0.4, -0.2) is 5.91 Å². The Bertz CT molecular complexity index is 720. The van der Waals surface area contributed by atoms with Crippen LogP contribution >= 0.6 is 31.9 Å². The Hall–Kier alpha value is -1.64. The van der Waals surface area contributed by atoms with Crippen LogP contribution in [0.5, 0.6) is 0 Å². The van der Waals surface area contributed by atoms with Crippen molar-refractivity contribution < 1.29 is 4.79 Å². The minimum absolute atomic E-state index is 0.250. The molecule has 0 heterocycles. The number of carbonyl (C=O) groups is 1. The van der Waals surface area contributed by atoms with Gasteiger partial charge in [-0.2, -0.15) is 5.26 Å². The maximum Gasteiger partial charge on any atom is 0.255 e. The first kappa shape index (κ1) is 14.8. The van der Waals surface area contributed by atoms with Crippen molar-refractivity contribution in [3.8, 4) is 6.07 Å². The summed E-state index contributed by atoms with van der Waals surface area (Å²) in [5.74, 6) is -0.250. The minimum Gasteiger partial charge on any atom is -0.321 e. The van der Waals surface area contributed by atoms with Gasteiger partial charge in [0.15, 0.2) is 0 Å². The summed E-state index contributed by atoms with van der Waals surface area (Å²) in [6.45, 7) is 1.95. The van der Waals surface area contributed by atoms with Crippen molar-refractivity contribution in [1.29, 1.82) is 5.26 Å². The van der Waals surface area contributed by atoms with Gasteiger partial charge in [0.25, 0.3) is 5.91 Å². The summed E-state index contributed by atoms with van der Waals surface area (Å²) >= 11 is 6.72. The van der Waals surface area contributed by atoms with Gasteiger partial charge in [-0.15, -0.1) is 0 Å².